The Hall–Kier alpha value is -2.09. The first kappa shape index (κ1) is 12.9. The summed E-state index contributed by atoms with van der Waals surface area (Å²) >= 11 is 0. The summed E-state index contributed by atoms with van der Waals surface area (Å²) in [5.74, 6) is 1.13. The van der Waals surface area contributed by atoms with Gasteiger partial charge in [-0.3, -0.25) is 4.79 Å². The Labute approximate surface area is 119 Å². The summed E-state index contributed by atoms with van der Waals surface area (Å²) in [5.41, 5.74) is 3.17. The Morgan fingerprint density at radius 3 is 2.80 bits per heavy atom. The first-order chi connectivity index (χ1) is 9.72. The average molecular weight is 266 g/mol. The molecule has 2 aromatic rings. The van der Waals surface area contributed by atoms with E-state index in [1.54, 1.807) is 0 Å². The van der Waals surface area contributed by atoms with Crippen LogP contribution in [-0.4, -0.2) is 11.9 Å². The highest BCUT2D eigenvalue weighted by atomic mass is 16.5. The minimum Gasteiger partial charge on any atom is -0.490 e. The van der Waals surface area contributed by atoms with Crippen molar-refractivity contribution in [3.8, 4) is 5.75 Å². The predicted octanol–water partition coefficient (Wildman–Crippen LogP) is 3.83. The number of aryl methyl sites for hydroxylation is 1. The smallest absolute Gasteiger partial charge is 0.163 e. The maximum atomic E-state index is 12.3. The normalized spacial score (nSPS) is 16.6. The maximum absolute atomic E-state index is 12.3. The number of carbonyl (C=O) groups is 1. The van der Waals surface area contributed by atoms with Crippen LogP contribution in [0.5, 0.6) is 5.75 Å². The molecule has 102 valence electrons. The van der Waals surface area contributed by atoms with Gasteiger partial charge in [0.05, 0.1) is 0 Å². The highest BCUT2D eigenvalue weighted by Gasteiger charge is 2.20. The molecular formula is C18H18O2. The van der Waals surface area contributed by atoms with Gasteiger partial charge in [0.1, 0.15) is 11.9 Å². The van der Waals surface area contributed by atoms with Gasteiger partial charge < -0.3 is 4.74 Å². The van der Waals surface area contributed by atoms with Gasteiger partial charge in [-0.1, -0.05) is 30.3 Å². The molecule has 0 radical (unpaired) electrons. The minimum absolute atomic E-state index is 0.205. The number of ether oxygens (including phenoxy) is 1. The molecule has 0 saturated heterocycles. The maximum Gasteiger partial charge on any atom is 0.163 e. The fraction of sp³-hybridized carbons (Fsp3) is 0.278. The lowest BCUT2D eigenvalue weighted by atomic mass is 10.00. The quantitative estimate of drug-likeness (QED) is 0.786. The van der Waals surface area contributed by atoms with E-state index in [1.807, 2.05) is 36.4 Å². The molecule has 1 unspecified atom stereocenters. The Balaban J connectivity index is 1.68. The lowest BCUT2D eigenvalue weighted by Crippen LogP contribution is -2.05. The molecule has 0 aliphatic carbocycles. The van der Waals surface area contributed by atoms with Crippen LogP contribution in [0.2, 0.25) is 0 Å². The number of ketones is 1. The summed E-state index contributed by atoms with van der Waals surface area (Å²) in [4.78, 5) is 12.3. The van der Waals surface area contributed by atoms with E-state index in [4.69, 9.17) is 4.74 Å². The van der Waals surface area contributed by atoms with Gasteiger partial charge in [0, 0.05) is 18.4 Å². The van der Waals surface area contributed by atoms with E-state index in [0.717, 1.165) is 29.7 Å². The van der Waals surface area contributed by atoms with Crippen molar-refractivity contribution in [2.45, 2.75) is 32.3 Å². The average Bonchev–Trinajstić information content (AvgIpc) is 2.85. The van der Waals surface area contributed by atoms with Crippen molar-refractivity contribution in [2.24, 2.45) is 0 Å². The summed E-state index contributed by atoms with van der Waals surface area (Å²) in [5, 5.41) is 0. The molecule has 2 nitrogen and oxygen atoms in total. The number of Topliss-reactive ketones (excluding diaryl/α,β-unsaturated/α-hetero) is 1. The van der Waals surface area contributed by atoms with Crippen molar-refractivity contribution in [3.05, 3.63) is 65.2 Å². The lowest BCUT2D eigenvalue weighted by molar-refractivity contribution is 0.0983. The zero-order chi connectivity index (χ0) is 13.9. The van der Waals surface area contributed by atoms with Gasteiger partial charge in [0.2, 0.25) is 0 Å². The van der Waals surface area contributed by atoms with Gasteiger partial charge in [-0.05, 0) is 42.7 Å². The van der Waals surface area contributed by atoms with Gasteiger partial charge in [-0.2, -0.15) is 0 Å². The second-order valence-electron chi connectivity index (χ2n) is 5.36. The van der Waals surface area contributed by atoms with Gasteiger partial charge in [-0.25, -0.2) is 0 Å². The van der Waals surface area contributed by atoms with E-state index in [-0.39, 0.29) is 11.9 Å². The first-order valence-electron chi connectivity index (χ1n) is 7.09. The number of rotatable bonds is 4. The van der Waals surface area contributed by atoms with Crippen molar-refractivity contribution in [2.75, 3.05) is 0 Å². The molecule has 2 aromatic carbocycles. The lowest BCUT2D eigenvalue weighted by Gasteiger charge is -2.04. The van der Waals surface area contributed by atoms with Crippen molar-refractivity contribution in [3.63, 3.8) is 0 Å². The Morgan fingerprint density at radius 1 is 1.20 bits per heavy atom. The van der Waals surface area contributed by atoms with Gasteiger partial charge >= 0.3 is 0 Å². The van der Waals surface area contributed by atoms with Crippen LogP contribution in [0, 0.1) is 0 Å². The van der Waals surface area contributed by atoms with E-state index in [1.165, 1.54) is 5.56 Å². The molecule has 0 fully saturated rings. The molecule has 0 saturated carbocycles. The second-order valence-corrected chi connectivity index (χ2v) is 5.36. The standard InChI is InChI=1S/C18H18O2/c1-13-11-16-12-15(8-10-18(16)20-13)17(19)9-7-14-5-3-2-4-6-14/h2-6,8,10,12-13H,7,9,11H2,1H3. The third-order valence-corrected chi connectivity index (χ3v) is 3.70. The van der Waals surface area contributed by atoms with Crippen LogP contribution < -0.4 is 4.74 Å². The van der Waals surface area contributed by atoms with E-state index in [2.05, 4.69) is 19.1 Å². The molecule has 0 aromatic heterocycles. The number of carbonyl (C=O) groups excluding carboxylic acids is 1. The molecule has 0 N–H and O–H groups in total. The Bertz CT molecular complexity index is 617. The van der Waals surface area contributed by atoms with Crippen LogP contribution in [0.15, 0.2) is 48.5 Å². The molecule has 0 spiro atoms. The number of benzene rings is 2. The zero-order valence-electron chi connectivity index (χ0n) is 11.6. The first-order valence-corrected chi connectivity index (χ1v) is 7.09. The number of hydrogen-bond donors (Lipinski definition) is 0. The summed E-state index contributed by atoms with van der Waals surface area (Å²) in [6.07, 6.45) is 2.47. The number of hydrogen-bond acceptors (Lipinski definition) is 2. The van der Waals surface area contributed by atoms with Crippen LogP contribution in [0.1, 0.15) is 34.8 Å². The molecule has 0 bridgehead atoms. The van der Waals surface area contributed by atoms with Crippen LogP contribution in [0.25, 0.3) is 0 Å². The molecule has 0 amide bonds. The van der Waals surface area contributed by atoms with E-state index >= 15 is 0 Å². The molecular weight excluding hydrogens is 248 g/mol. The largest absolute Gasteiger partial charge is 0.490 e. The zero-order valence-corrected chi connectivity index (χ0v) is 11.6. The fourth-order valence-corrected chi connectivity index (χ4v) is 2.64. The van der Waals surface area contributed by atoms with Gasteiger partial charge in [0.25, 0.3) is 0 Å². The van der Waals surface area contributed by atoms with E-state index in [0.29, 0.717) is 6.42 Å². The summed E-state index contributed by atoms with van der Waals surface area (Å²) in [6, 6.07) is 15.9. The topological polar surface area (TPSA) is 26.3 Å². The SMILES string of the molecule is CC1Cc2cc(C(=O)CCc3ccccc3)ccc2O1. The summed E-state index contributed by atoms with van der Waals surface area (Å²) in [7, 11) is 0. The molecule has 1 aliphatic heterocycles. The minimum atomic E-state index is 0.205. The molecule has 20 heavy (non-hydrogen) atoms. The van der Waals surface area contributed by atoms with Crippen molar-refractivity contribution < 1.29 is 9.53 Å². The van der Waals surface area contributed by atoms with E-state index in [9.17, 15) is 4.79 Å². The third kappa shape index (κ3) is 2.74. The monoisotopic (exact) mass is 266 g/mol. The number of fused-ring (bicyclic) bond motifs is 1. The Morgan fingerprint density at radius 2 is 2.00 bits per heavy atom. The van der Waals surface area contributed by atoms with Crippen LogP contribution in [0.4, 0.5) is 0 Å². The Kier molecular flexibility index (Phi) is 3.55. The van der Waals surface area contributed by atoms with Crippen molar-refractivity contribution in [1.29, 1.82) is 0 Å². The van der Waals surface area contributed by atoms with Crippen LogP contribution in [0.3, 0.4) is 0 Å². The molecule has 1 atom stereocenters. The third-order valence-electron chi connectivity index (χ3n) is 3.70. The highest BCUT2D eigenvalue weighted by molar-refractivity contribution is 5.96. The van der Waals surface area contributed by atoms with Gasteiger partial charge in [-0.15, -0.1) is 0 Å². The predicted molar refractivity (Wildman–Crippen MR) is 79.3 cm³/mol. The molecule has 3 rings (SSSR count). The van der Waals surface area contributed by atoms with Gasteiger partial charge in [0.15, 0.2) is 5.78 Å². The molecule has 1 heterocycles. The van der Waals surface area contributed by atoms with Crippen LogP contribution >= 0.6 is 0 Å². The summed E-state index contributed by atoms with van der Waals surface area (Å²) < 4.78 is 5.66. The fourth-order valence-electron chi connectivity index (χ4n) is 2.64. The molecule has 1 aliphatic rings. The molecule has 2 heteroatoms. The highest BCUT2D eigenvalue weighted by Crippen LogP contribution is 2.29. The second kappa shape index (κ2) is 5.49. The van der Waals surface area contributed by atoms with Crippen LogP contribution in [-0.2, 0) is 12.8 Å². The van der Waals surface area contributed by atoms with Crippen molar-refractivity contribution >= 4 is 5.78 Å². The van der Waals surface area contributed by atoms with E-state index < -0.39 is 0 Å². The van der Waals surface area contributed by atoms with Crippen molar-refractivity contribution in [1.82, 2.24) is 0 Å². The summed E-state index contributed by atoms with van der Waals surface area (Å²) in [6.45, 7) is 2.05.